The van der Waals surface area contributed by atoms with Gasteiger partial charge >= 0.3 is 0 Å². The van der Waals surface area contributed by atoms with Crippen LogP contribution in [0.15, 0.2) is 58.4 Å². The third-order valence-electron chi connectivity index (χ3n) is 3.05. The van der Waals surface area contributed by atoms with Crippen LogP contribution in [0.4, 0.5) is 0 Å². The van der Waals surface area contributed by atoms with Crippen molar-refractivity contribution >= 4 is 16.7 Å². The molecule has 0 aliphatic heterocycles. The van der Waals surface area contributed by atoms with Crippen molar-refractivity contribution in [3.63, 3.8) is 0 Å². The van der Waals surface area contributed by atoms with Gasteiger partial charge in [0.05, 0.1) is 17.3 Å². The summed E-state index contributed by atoms with van der Waals surface area (Å²) in [6.07, 6.45) is 3.10. The van der Waals surface area contributed by atoms with Gasteiger partial charge in [-0.05, 0) is 24.3 Å². The van der Waals surface area contributed by atoms with Crippen molar-refractivity contribution in [2.45, 2.75) is 6.61 Å². The van der Waals surface area contributed by atoms with Gasteiger partial charge in [0, 0.05) is 11.6 Å². The van der Waals surface area contributed by atoms with Crippen molar-refractivity contribution < 1.29 is 14.4 Å². The number of hydrogen-bond donors (Lipinski definition) is 2. The van der Waals surface area contributed by atoms with Crippen molar-refractivity contribution in [1.29, 1.82) is 0 Å². The first-order chi connectivity index (χ1) is 10.3. The SMILES string of the molecule is N/C(=N\O)c1cnc2ccccc2c1OCc1ccco1. The molecule has 2 aromatic heterocycles. The highest BCUT2D eigenvalue weighted by Crippen LogP contribution is 2.29. The molecule has 0 spiro atoms. The molecule has 0 saturated heterocycles. The van der Waals surface area contributed by atoms with Crippen molar-refractivity contribution in [1.82, 2.24) is 4.98 Å². The summed E-state index contributed by atoms with van der Waals surface area (Å²) in [7, 11) is 0. The molecule has 1 aromatic carbocycles. The molecule has 3 aromatic rings. The van der Waals surface area contributed by atoms with E-state index in [0.717, 1.165) is 10.9 Å². The van der Waals surface area contributed by atoms with E-state index in [1.54, 1.807) is 12.3 Å². The Morgan fingerprint density at radius 2 is 2.14 bits per heavy atom. The van der Waals surface area contributed by atoms with E-state index >= 15 is 0 Å². The molecule has 0 amide bonds. The van der Waals surface area contributed by atoms with Crippen molar-refractivity contribution in [2.24, 2.45) is 10.9 Å². The lowest BCUT2D eigenvalue weighted by Gasteiger charge is -2.12. The topological polar surface area (TPSA) is 93.9 Å². The number of benzene rings is 1. The highest BCUT2D eigenvalue weighted by molar-refractivity contribution is 6.04. The molecule has 0 saturated carbocycles. The number of oxime groups is 1. The number of hydrogen-bond acceptors (Lipinski definition) is 5. The number of pyridine rings is 1. The molecule has 6 nitrogen and oxygen atoms in total. The molecule has 3 rings (SSSR count). The van der Waals surface area contributed by atoms with Gasteiger partial charge in [-0.2, -0.15) is 0 Å². The van der Waals surface area contributed by atoms with Gasteiger partial charge in [-0.15, -0.1) is 0 Å². The van der Waals surface area contributed by atoms with E-state index in [0.29, 0.717) is 17.1 Å². The second-order valence-corrected chi connectivity index (χ2v) is 4.37. The molecule has 21 heavy (non-hydrogen) atoms. The molecule has 0 atom stereocenters. The molecular formula is C15H13N3O3. The van der Waals surface area contributed by atoms with Gasteiger partial charge in [0.2, 0.25) is 0 Å². The van der Waals surface area contributed by atoms with Crippen molar-refractivity contribution in [3.05, 3.63) is 60.2 Å². The fourth-order valence-corrected chi connectivity index (χ4v) is 2.05. The normalized spacial score (nSPS) is 11.7. The second-order valence-electron chi connectivity index (χ2n) is 4.37. The summed E-state index contributed by atoms with van der Waals surface area (Å²) in [5, 5.41) is 12.7. The number of fused-ring (bicyclic) bond motifs is 1. The summed E-state index contributed by atoms with van der Waals surface area (Å²) in [6, 6.07) is 11.1. The summed E-state index contributed by atoms with van der Waals surface area (Å²) in [4.78, 5) is 4.28. The molecule has 6 heteroatoms. The first-order valence-corrected chi connectivity index (χ1v) is 6.30. The molecule has 0 radical (unpaired) electrons. The lowest BCUT2D eigenvalue weighted by molar-refractivity contribution is 0.272. The van der Waals surface area contributed by atoms with Gasteiger partial charge in [0.15, 0.2) is 5.84 Å². The second kappa shape index (κ2) is 5.54. The highest BCUT2D eigenvalue weighted by atomic mass is 16.5. The van der Waals surface area contributed by atoms with E-state index in [1.165, 1.54) is 6.20 Å². The lowest BCUT2D eigenvalue weighted by Crippen LogP contribution is -2.15. The van der Waals surface area contributed by atoms with E-state index in [9.17, 15) is 0 Å². The summed E-state index contributed by atoms with van der Waals surface area (Å²) < 4.78 is 11.1. The Balaban J connectivity index is 2.07. The summed E-state index contributed by atoms with van der Waals surface area (Å²) >= 11 is 0. The number of rotatable bonds is 4. The Morgan fingerprint density at radius 3 is 2.90 bits per heavy atom. The van der Waals surface area contributed by atoms with E-state index in [1.807, 2.05) is 30.3 Å². The molecule has 0 bridgehead atoms. The van der Waals surface area contributed by atoms with Gasteiger partial charge in [-0.25, -0.2) is 0 Å². The largest absolute Gasteiger partial charge is 0.484 e. The maximum Gasteiger partial charge on any atom is 0.175 e. The molecule has 3 N–H and O–H groups in total. The number of nitrogens with zero attached hydrogens (tertiary/aromatic N) is 2. The van der Waals surface area contributed by atoms with Gasteiger partial charge < -0.3 is 20.1 Å². The van der Waals surface area contributed by atoms with Gasteiger partial charge in [-0.1, -0.05) is 17.3 Å². The van der Waals surface area contributed by atoms with Crippen LogP contribution >= 0.6 is 0 Å². The minimum Gasteiger partial charge on any atom is -0.484 e. The average Bonchev–Trinajstić information content (AvgIpc) is 3.05. The van der Waals surface area contributed by atoms with Crippen LogP contribution in [0, 0.1) is 0 Å². The highest BCUT2D eigenvalue weighted by Gasteiger charge is 2.14. The van der Waals surface area contributed by atoms with Crippen LogP contribution in [0.1, 0.15) is 11.3 Å². The summed E-state index contributed by atoms with van der Waals surface area (Å²) in [6.45, 7) is 0.243. The van der Waals surface area contributed by atoms with Crippen molar-refractivity contribution in [3.8, 4) is 5.75 Å². The zero-order chi connectivity index (χ0) is 14.7. The molecule has 0 unspecified atom stereocenters. The molecule has 0 fully saturated rings. The Bertz CT molecular complexity index is 782. The maximum absolute atomic E-state index is 8.90. The fourth-order valence-electron chi connectivity index (χ4n) is 2.05. The Morgan fingerprint density at radius 1 is 1.29 bits per heavy atom. The monoisotopic (exact) mass is 283 g/mol. The number of furan rings is 1. The van der Waals surface area contributed by atoms with E-state index in [2.05, 4.69) is 10.1 Å². The lowest BCUT2D eigenvalue weighted by atomic mass is 10.1. The third-order valence-corrected chi connectivity index (χ3v) is 3.05. The van der Waals surface area contributed by atoms with Gasteiger partial charge in [0.25, 0.3) is 0 Å². The Hall–Kier alpha value is -3.02. The predicted octanol–water partition coefficient (Wildman–Crippen LogP) is 2.50. The zero-order valence-corrected chi connectivity index (χ0v) is 11.1. The number of amidine groups is 1. The zero-order valence-electron chi connectivity index (χ0n) is 11.1. The minimum atomic E-state index is -0.0531. The number of nitrogens with two attached hydrogens (primary N) is 1. The van der Waals surface area contributed by atoms with Crippen LogP contribution in [0.3, 0.4) is 0 Å². The quantitative estimate of drug-likeness (QED) is 0.332. The van der Waals surface area contributed by atoms with Crippen LogP contribution in [0.25, 0.3) is 10.9 Å². The summed E-state index contributed by atoms with van der Waals surface area (Å²) in [5.74, 6) is 1.14. The number of aromatic nitrogens is 1. The van der Waals surface area contributed by atoms with Crippen molar-refractivity contribution in [2.75, 3.05) is 0 Å². The van der Waals surface area contributed by atoms with Crippen LogP contribution < -0.4 is 10.5 Å². The van der Waals surface area contributed by atoms with Crippen LogP contribution in [-0.2, 0) is 6.61 Å². The summed E-state index contributed by atoms with van der Waals surface area (Å²) in [5.41, 5.74) is 6.89. The smallest absolute Gasteiger partial charge is 0.175 e. The van der Waals surface area contributed by atoms with Gasteiger partial charge in [0.1, 0.15) is 18.1 Å². The van der Waals surface area contributed by atoms with Crippen LogP contribution in [-0.4, -0.2) is 16.0 Å². The first kappa shape index (κ1) is 13.0. The Labute approximate surface area is 120 Å². The maximum atomic E-state index is 8.90. The Kier molecular flexibility index (Phi) is 3.42. The molecule has 0 aliphatic carbocycles. The predicted molar refractivity (Wildman–Crippen MR) is 77.3 cm³/mol. The first-order valence-electron chi connectivity index (χ1n) is 6.30. The molecular weight excluding hydrogens is 270 g/mol. The average molecular weight is 283 g/mol. The molecule has 2 heterocycles. The van der Waals surface area contributed by atoms with Crippen LogP contribution in [0.2, 0.25) is 0 Å². The number of para-hydroxylation sites is 1. The molecule has 0 aliphatic rings. The van der Waals surface area contributed by atoms with Crippen LogP contribution in [0.5, 0.6) is 5.75 Å². The van der Waals surface area contributed by atoms with E-state index in [-0.39, 0.29) is 12.4 Å². The number of ether oxygens (including phenoxy) is 1. The standard InChI is InChI=1S/C15H13N3O3/c16-15(18-19)12-8-17-13-6-2-1-5-11(13)14(12)21-9-10-4-3-7-20-10/h1-8,19H,9H2,(H2,16,18). The fraction of sp³-hybridized carbons (Fsp3) is 0.0667. The van der Waals surface area contributed by atoms with E-state index in [4.69, 9.17) is 20.1 Å². The third kappa shape index (κ3) is 2.51. The van der Waals surface area contributed by atoms with Gasteiger partial charge in [-0.3, -0.25) is 4.98 Å². The minimum absolute atomic E-state index is 0.0531. The van der Waals surface area contributed by atoms with E-state index < -0.39 is 0 Å². The molecule has 106 valence electrons.